The predicted octanol–water partition coefficient (Wildman–Crippen LogP) is 1.93. The van der Waals surface area contributed by atoms with E-state index in [0.717, 1.165) is 24.3 Å². The summed E-state index contributed by atoms with van der Waals surface area (Å²) in [6.07, 6.45) is 7.40. The number of nitrogens with zero attached hydrogens (tertiary/aromatic N) is 1. The molecule has 16 heavy (non-hydrogen) atoms. The van der Waals surface area contributed by atoms with Crippen molar-refractivity contribution in [1.29, 1.82) is 0 Å². The zero-order valence-electron chi connectivity index (χ0n) is 9.65. The Morgan fingerprint density at radius 2 is 2.19 bits per heavy atom. The number of carbonyl (C=O) groups excluding carboxylic acids is 1. The van der Waals surface area contributed by atoms with E-state index in [1.165, 1.54) is 6.42 Å². The summed E-state index contributed by atoms with van der Waals surface area (Å²) in [5.74, 6) is 0.886. The van der Waals surface area contributed by atoms with Gasteiger partial charge >= 0.3 is 0 Å². The average Bonchev–Trinajstić information content (AvgIpc) is 2.65. The molecule has 1 aliphatic carbocycles. The van der Waals surface area contributed by atoms with Gasteiger partial charge in [0.15, 0.2) is 0 Å². The molecule has 1 saturated carbocycles. The van der Waals surface area contributed by atoms with Crippen LogP contribution in [-0.4, -0.2) is 16.9 Å². The van der Waals surface area contributed by atoms with Crippen LogP contribution in [0.3, 0.4) is 0 Å². The maximum atomic E-state index is 11.7. The molecule has 1 heterocycles. The first kappa shape index (κ1) is 11.1. The molecule has 86 valence electrons. The summed E-state index contributed by atoms with van der Waals surface area (Å²) in [5, 5.41) is 3.10. The van der Waals surface area contributed by atoms with E-state index in [4.69, 9.17) is 0 Å². The van der Waals surface area contributed by atoms with Gasteiger partial charge < -0.3 is 5.32 Å². The molecule has 2 unspecified atom stereocenters. The quantitative estimate of drug-likeness (QED) is 0.842. The van der Waals surface area contributed by atoms with Crippen molar-refractivity contribution in [3.8, 4) is 0 Å². The highest BCUT2D eigenvalue weighted by atomic mass is 16.1. The van der Waals surface area contributed by atoms with Gasteiger partial charge in [0.2, 0.25) is 5.91 Å². The minimum atomic E-state index is 0.130. The Bertz CT molecular complexity index is 350. The average molecular weight is 218 g/mol. The van der Waals surface area contributed by atoms with Gasteiger partial charge in [-0.1, -0.05) is 6.92 Å². The number of rotatable bonds is 3. The molecule has 0 aromatic carbocycles. The molecule has 0 aliphatic heterocycles. The second kappa shape index (κ2) is 5.10. The first-order valence-electron chi connectivity index (χ1n) is 5.92. The lowest BCUT2D eigenvalue weighted by molar-refractivity contribution is -0.121. The molecule has 0 saturated heterocycles. The Kier molecular flexibility index (Phi) is 3.54. The molecule has 1 amide bonds. The second-order valence-corrected chi connectivity index (χ2v) is 4.71. The van der Waals surface area contributed by atoms with Crippen molar-refractivity contribution in [3.63, 3.8) is 0 Å². The molecule has 1 aliphatic rings. The number of pyridine rings is 1. The third-order valence-electron chi connectivity index (χ3n) is 3.17. The zero-order chi connectivity index (χ0) is 11.4. The van der Waals surface area contributed by atoms with Gasteiger partial charge in [-0.25, -0.2) is 0 Å². The summed E-state index contributed by atoms with van der Waals surface area (Å²) in [4.78, 5) is 15.7. The van der Waals surface area contributed by atoms with Crippen LogP contribution < -0.4 is 5.32 Å². The van der Waals surface area contributed by atoms with E-state index in [-0.39, 0.29) is 5.91 Å². The van der Waals surface area contributed by atoms with E-state index in [0.29, 0.717) is 12.5 Å². The molecular formula is C13H18N2O. The third kappa shape index (κ3) is 3.05. The lowest BCUT2D eigenvalue weighted by Crippen LogP contribution is -2.34. The number of aromatic nitrogens is 1. The molecule has 1 fully saturated rings. The molecule has 1 N–H and O–H groups in total. The maximum Gasteiger partial charge on any atom is 0.224 e. The lowest BCUT2D eigenvalue weighted by atomic mass is 10.1. The number of hydrogen-bond donors (Lipinski definition) is 1. The molecule has 1 aromatic heterocycles. The van der Waals surface area contributed by atoms with Crippen molar-refractivity contribution < 1.29 is 4.79 Å². The van der Waals surface area contributed by atoms with E-state index < -0.39 is 0 Å². The number of amides is 1. The van der Waals surface area contributed by atoms with E-state index in [1.54, 1.807) is 12.4 Å². The molecule has 0 bridgehead atoms. The highest BCUT2D eigenvalue weighted by molar-refractivity contribution is 5.78. The SMILES string of the molecule is CC1CCC(NC(=O)Cc2ccncc2)C1. The van der Waals surface area contributed by atoms with Crippen LogP contribution in [0, 0.1) is 5.92 Å². The molecule has 3 nitrogen and oxygen atoms in total. The van der Waals surface area contributed by atoms with E-state index in [1.807, 2.05) is 12.1 Å². The zero-order valence-corrected chi connectivity index (χ0v) is 9.65. The third-order valence-corrected chi connectivity index (χ3v) is 3.17. The molecule has 1 aromatic rings. The van der Waals surface area contributed by atoms with Crippen molar-refractivity contribution in [2.45, 2.75) is 38.6 Å². The first-order chi connectivity index (χ1) is 7.74. The minimum absolute atomic E-state index is 0.130. The molecule has 2 atom stereocenters. The first-order valence-corrected chi connectivity index (χ1v) is 5.92. The topological polar surface area (TPSA) is 42.0 Å². The van der Waals surface area contributed by atoms with Gasteiger partial charge in [0.05, 0.1) is 6.42 Å². The van der Waals surface area contributed by atoms with Gasteiger partial charge in [0.1, 0.15) is 0 Å². The Morgan fingerprint density at radius 1 is 1.44 bits per heavy atom. The Labute approximate surface area is 96.3 Å². The van der Waals surface area contributed by atoms with Gasteiger partial charge in [-0.3, -0.25) is 9.78 Å². The van der Waals surface area contributed by atoms with Gasteiger partial charge in [-0.05, 0) is 42.9 Å². The summed E-state index contributed by atoms with van der Waals surface area (Å²) in [5.41, 5.74) is 1.03. The van der Waals surface area contributed by atoms with Crippen molar-refractivity contribution >= 4 is 5.91 Å². The summed E-state index contributed by atoms with van der Waals surface area (Å²) in [7, 11) is 0. The smallest absolute Gasteiger partial charge is 0.224 e. The normalized spacial score (nSPS) is 24.3. The standard InChI is InChI=1S/C13H18N2O/c1-10-2-3-12(8-10)15-13(16)9-11-4-6-14-7-5-11/h4-7,10,12H,2-3,8-9H2,1H3,(H,15,16). The van der Waals surface area contributed by atoms with Crippen LogP contribution in [-0.2, 0) is 11.2 Å². The summed E-state index contributed by atoms with van der Waals surface area (Å²) in [6.45, 7) is 2.25. The summed E-state index contributed by atoms with van der Waals surface area (Å²) >= 11 is 0. The van der Waals surface area contributed by atoms with Crippen molar-refractivity contribution in [2.24, 2.45) is 5.92 Å². The van der Waals surface area contributed by atoms with Crippen LogP contribution in [0.15, 0.2) is 24.5 Å². The number of nitrogens with one attached hydrogen (secondary N) is 1. The largest absolute Gasteiger partial charge is 0.353 e. The van der Waals surface area contributed by atoms with Gasteiger partial charge in [-0.15, -0.1) is 0 Å². The number of hydrogen-bond acceptors (Lipinski definition) is 2. The van der Waals surface area contributed by atoms with Crippen LogP contribution >= 0.6 is 0 Å². The highest BCUT2D eigenvalue weighted by Gasteiger charge is 2.22. The Balaban J connectivity index is 1.81. The summed E-state index contributed by atoms with van der Waals surface area (Å²) < 4.78 is 0. The van der Waals surface area contributed by atoms with E-state index in [2.05, 4.69) is 17.2 Å². The van der Waals surface area contributed by atoms with E-state index in [9.17, 15) is 4.79 Å². The molecular weight excluding hydrogens is 200 g/mol. The van der Waals surface area contributed by atoms with Crippen LogP contribution in [0.1, 0.15) is 31.7 Å². The fourth-order valence-corrected chi connectivity index (χ4v) is 2.30. The molecule has 0 radical (unpaired) electrons. The lowest BCUT2D eigenvalue weighted by Gasteiger charge is -2.12. The maximum absolute atomic E-state index is 11.7. The fourth-order valence-electron chi connectivity index (χ4n) is 2.30. The van der Waals surface area contributed by atoms with Gasteiger partial charge in [-0.2, -0.15) is 0 Å². The summed E-state index contributed by atoms with van der Waals surface area (Å²) in [6, 6.07) is 4.16. The monoisotopic (exact) mass is 218 g/mol. The second-order valence-electron chi connectivity index (χ2n) is 4.71. The Morgan fingerprint density at radius 3 is 2.81 bits per heavy atom. The molecule has 3 heteroatoms. The minimum Gasteiger partial charge on any atom is -0.353 e. The fraction of sp³-hybridized carbons (Fsp3) is 0.538. The van der Waals surface area contributed by atoms with Gasteiger partial charge in [0.25, 0.3) is 0 Å². The highest BCUT2D eigenvalue weighted by Crippen LogP contribution is 2.24. The van der Waals surface area contributed by atoms with Crippen LogP contribution in [0.25, 0.3) is 0 Å². The van der Waals surface area contributed by atoms with Crippen LogP contribution in [0.2, 0.25) is 0 Å². The molecule has 2 rings (SSSR count). The predicted molar refractivity (Wildman–Crippen MR) is 62.9 cm³/mol. The molecule has 0 spiro atoms. The van der Waals surface area contributed by atoms with Crippen molar-refractivity contribution in [2.75, 3.05) is 0 Å². The van der Waals surface area contributed by atoms with Crippen molar-refractivity contribution in [1.82, 2.24) is 10.3 Å². The van der Waals surface area contributed by atoms with E-state index >= 15 is 0 Å². The van der Waals surface area contributed by atoms with Gasteiger partial charge in [0, 0.05) is 18.4 Å². The van der Waals surface area contributed by atoms with Crippen LogP contribution in [0.5, 0.6) is 0 Å². The Hall–Kier alpha value is -1.38. The van der Waals surface area contributed by atoms with Crippen molar-refractivity contribution in [3.05, 3.63) is 30.1 Å². The number of carbonyl (C=O) groups is 1. The van der Waals surface area contributed by atoms with Crippen LogP contribution in [0.4, 0.5) is 0 Å².